The third kappa shape index (κ3) is 4.03. The largest absolute Gasteiger partial charge is 0.250 e. The first-order valence-electron chi connectivity index (χ1n) is 4.58. The zero-order valence-corrected chi connectivity index (χ0v) is 12.0. The fourth-order valence-electron chi connectivity index (χ4n) is 1.05. The van der Waals surface area contributed by atoms with Gasteiger partial charge in [0.15, 0.2) is 0 Å². The molecule has 0 atom stereocenters. The van der Waals surface area contributed by atoms with Crippen LogP contribution in [0.2, 0.25) is 0 Å². The lowest BCUT2D eigenvalue weighted by Crippen LogP contribution is -2.40. The summed E-state index contributed by atoms with van der Waals surface area (Å²) in [6.07, 6.45) is 0. The quantitative estimate of drug-likeness (QED) is 0.846. The molecule has 1 aromatic heterocycles. The van der Waals surface area contributed by atoms with E-state index in [1.165, 1.54) is 12.1 Å². The number of hydrogen-bond donors (Lipinski definition) is 2. The van der Waals surface area contributed by atoms with Crippen molar-refractivity contribution in [2.75, 3.05) is 0 Å². The average Bonchev–Trinajstić information content (AvgIpc) is 2.44. The van der Waals surface area contributed by atoms with Gasteiger partial charge in [-0.2, -0.15) is 0 Å². The van der Waals surface area contributed by atoms with E-state index in [9.17, 15) is 16.8 Å². The number of nitrogens with one attached hydrogen (secondary N) is 1. The molecule has 17 heavy (non-hydrogen) atoms. The normalized spacial score (nSPS) is 13.9. The Morgan fingerprint density at radius 3 is 1.94 bits per heavy atom. The predicted molar refractivity (Wildman–Crippen MR) is 65.8 cm³/mol. The first-order chi connectivity index (χ1) is 7.42. The highest BCUT2D eigenvalue weighted by Crippen LogP contribution is 2.25. The van der Waals surface area contributed by atoms with Crippen molar-refractivity contribution in [1.29, 1.82) is 0 Å². The van der Waals surface area contributed by atoms with Gasteiger partial charge in [-0.05, 0) is 32.9 Å². The van der Waals surface area contributed by atoms with Crippen LogP contribution in [0, 0.1) is 0 Å². The minimum Gasteiger partial charge on any atom is -0.224 e. The maximum atomic E-state index is 11.9. The average molecular weight is 298 g/mol. The maximum Gasteiger partial charge on any atom is 0.250 e. The van der Waals surface area contributed by atoms with Gasteiger partial charge in [-0.15, -0.1) is 11.3 Å². The van der Waals surface area contributed by atoms with Gasteiger partial charge >= 0.3 is 0 Å². The second-order valence-corrected chi connectivity index (χ2v) is 9.26. The molecule has 98 valence electrons. The fourth-order valence-corrected chi connectivity index (χ4v) is 4.66. The summed E-state index contributed by atoms with van der Waals surface area (Å²) in [4.78, 5) is 0. The van der Waals surface area contributed by atoms with Gasteiger partial charge in [0.2, 0.25) is 10.0 Å². The molecule has 0 amide bonds. The maximum absolute atomic E-state index is 11.9. The van der Waals surface area contributed by atoms with E-state index in [0.29, 0.717) is 11.3 Å². The topological polar surface area (TPSA) is 106 Å². The van der Waals surface area contributed by atoms with E-state index in [2.05, 4.69) is 4.72 Å². The van der Waals surface area contributed by atoms with Crippen LogP contribution in [0.3, 0.4) is 0 Å². The van der Waals surface area contributed by atoms with Crippen molar-refractivity contribution in [2.45, 2.75) is 34.7 Å². The van der Waals surface area contributed by atoms with Crippen LogP contribution in [0.5, 0.6) is 0 Å². The van der Waals surface area contributed by atoms with E-state index in [0.717, 1.165) is 0 Å². The van der Waals surface area contributed by atoms with Crippen molar-refractivity contribution in [1.82, 2.24) is 4.72 Å². The first-order valence-corrected chi connectivity index (χ1v) is 8.43. The van der Waals surface area contributed by atoms with E-state index in [-0.39, 0.29) is 8.42 Å². The molecular formula is C8H14N2O4S3. The van der Waals surface area contributed by atoms with E-state index in [4.69, 9.17) is 5.14 Å². The van der Waals surface area contributed by atoms with Gasteiger partial charge in [0, 0.05) is 5.54 Å². The molecule has 3 N–H and O–H groups in total. The highest BCUT2D eigenvalue weighted by molar-refractivity contribution is 7.94. The molecule has 0 fully saturated rings. The van der Waals surface area contributed by atoms with Crippen LogP contribution in [0.4, 0.5) is 0 Å². The molecule has 0 saturated carbocycles. The molecule has 0 unspecified atom stereocenters. The molecule has 1 rings (SSSR count). The molecule has 0 radical (unpaired) electrons. The highest BCUT2D eigenvalue weighted by atomic mass is 32.3. The number of primary sulfonamides is 1. The summed E-state index contributed by atoms with van der Waals surface area (Å²) in [7, 11) is -7.57. The molecule has 0 aliphatic rings. The van der Waals surface area contributed by atoms with Crippen molar-refractivity contribution in [3.63, 3.8) is 0 Å². The van der Waals surface area contributed by atoms with Crippen LogP contribution >= 0.6 is 11.3 Å². The number of hydrogen-bond acceptors (Lipinski definition) is 5. The van der Waals surface area contributed by atoms with Gasteiger partial charge in [0.25, 0.3) is 10.0 Å². The SMILES string of the molecule is CC(C)(C)NS(=O)(=O)c1ccc(S(N)(=O)=O)s1. The summed E-state index contributed by atoms with van der Waals surface area (Å²) >= 11 is 0.624. The molecule has 0 spiro atoms. The lowest BCUT2D eigenvalue weighted by atomic mass is 10.1. The lowest BCUT2D eigenvalue weighted by Gasteiger charge is -2.19. The minimum absolute atomic E-state index is 0.0727. The van der Waals surface area contributed by atoms with Crippen molar-refractivity contribution in [3.8, 4) is 0 Å². The second kappa shape index (κ2) is 4.32. The van der Waals surface area contributed by atoms with Gasteiger partial charge in [0.05, 0.1) is 0 Å². The van der Waals surface area contributed by atoms with Crippen LogP contribution in [0.15, 0.2) is 20.6 Å². The Morgan fingerprint density at radius 1 is 1.12 bits per heavy atom. The summed E-state index contributed by atoms with van der Waals surface area (Å²) in [6.45, 7) is 5.08. The summed E-state index contributed by atoms with van der Waals surface area (Å²) in [5.41, 5.74) is -0.634. The van der Waals surface area contributed by atoms with Crippen molar-refractivity contribution >= 4 is 31.4 Å². The van der Waals surface area contributed by atoms with Crippen LogP contribution in [0.25, 0.3) is 0 Å². The van der Waals surface area contributed by atoms with E-state index < -0.39 is 25.6 Å². The molecule has 9 heteroatoms. The van der Waals surface area contributed by atoms with Crippen molar-refractivity contribution < 1.29 is 16.8 Å². The molecule has 1 heterocycles. The zero-order chi connectivity index (χ0) is 13.5. The highest BCUT2D eigenvalue weighted by Gasteiger charge is 2.25. The van der Waals surface area contributed by atoms with Gasteiger partial charge in [-0.25, -0.2) is 26.7 Å². The van der Waals surface area contributed by atoms with Gasteiger partial charge in [-0.1, -0.05) is 0 Å². The molecule has 0 bridgehead atoms. The summed E-state index contributed by atoms with van der Waals surface area (Å²) in [5.74, 6) is 0. The van der Waals surface area contributed by atoms with Crippen LogP contribution in [0.1, 0.15) is 20.8 Å². The molecular weight excluding hydrogens is 284 g/mol. The predicted octanol–water partition coefficient (Wildman–Crippen LogP) is 0.472. The smallest absolute Gasteiger partial charge is 0.224 e. The summed E-state index contributed by atoms with van der Waals surface area (Å²) in [6, 6.07) is 2.40. The Labute approximate surface area is 105 Å². The van der Waals surface area contributed by atoms with Gasteiger partial charge in [0.1, 0.15) is 8.42 Å². The number of sulfonamides is 2. The minimum atomic E-state index is -3.86. The number of nitrogens with two attached hydrogens (primary N) is 1. The Morgan fingerprint density at radius 2 is 1.59 bits per heavy atom. The monoisotopic (exact) mass is 298 g/mol. The molecule has 0 saturated heterocycles. The molecule has 6 nitrogen and oxygen atoms in total. The molecule has 1 aromatic rings. The number of rotatable bonds is 3. The first kappa shape index (κ1) is 14.6. The zero-order valence-electron chi connectivity index (χ0n) is 9.59. The van der Waals surface area contributed by atoms with E-state index in [1.807, 2.05) is 0 Å². The van der Waals surface area contributed by atoms with Crippen molar-refractivity contribution in [2.24, 2.45) is 5.14 Å². The number of thiophene rings is 1. The summed E-state index contributed by atoms with van der Waals surface area (Å²) in [5, 5.41) is 4.91. The van der Waals surface area contributed by atoms with Crippen molar-refractivity contribution in [3.05, 3.63) is 12.1 Å². The van der Waals surface area contributed by atoms with Crippen LogP contribution < -0.4 is 9.86 Å². The Bertz CT molecular complexity index is 607. The Kier molecular flexibility index (Phi) is 3.71. The third-order valence-corrected chi connectivity index (χ3v) is 6.32. The standard InChI is InChI=1S/C8H14N2O4S3/c1-8(2,3)10-17(13,14)7-5-4-6(15-7)16(9,11)12/h4-5,10H,1-3H3,(H2,9,11,12). The fraction of sp³-hybridized carbons (Fsp3) is 0.500. The van der Waals surface area contributed by atoms with E-state index in [1.54, 1.807) is 20.8 Å². The third-order valence-electron chi connectivity index (χ3n) is 1.54. The van der Waals surface area contributed by atoms with E-state index >= 15 is 0 Å². The van der Waals surface area contributed by atoms with Crippen LogP contribution in [-0.2, 0) is 20.0 Å². The van der Waals surface area contributed by atoms with Gasteiger partial charge < -0.3 is 0 Å². The second-order valence-electron chi connectivity index (χ2n) is 4.47. The van der Waals surface area contributed by atoms with Gasteiger partial charge in [-0.3, -0.25) is 0 Å². The molecule has 0 aliphatic heterocycles. The van der Waals surface area contributed by atoms with Crippen LogP contribution in [-0.4, -0.2) is 22.4 Å². The molecule has 0 aromatic carbocycles. The Hall–Kier alpha value is -0.480. The molecule has 0 aliphatic carbocycles. The lowest BCUT2D eigenvalue weighted by molar-refractivity contribution is 0.492. The summed E-state index contributed by atoms with van der Waals surface area (Å²) < 4.78 is 47.9. The Balaban J connectivity index is 3.15.